The highest BCUT2D eigenvalue weighted by molar-refractivity contribution is 6.09. The molecule has 2 aromatic carbocycles. The summed E-state index contributed by atoms with van der Waals surface area (Å²) in [6, 6.07) is 16.5. The molecule has 3 N–H and O–H groups in total. The Kier molecular flexibility index (Phi) is 7.17. The third-order valence-electron chi connectivity index (χ3n) is 6.81. The molecule has 2 amide bonds. The molecule has 0 spiro atoms. The predicted octanol–water partition coefficient (Wildman–Crippen LogP) is 4.10. The fraction of sp³-hybridized carbons (Fsp3) is 0.267. The van der Waals surface area contributed by atoms with Crippen molar-refractivity contribution in [1.29, 1.82) is 0 Å². The summed E-state index contributed by atoms with van der Waals surface area (Å²) < 4.78 is 5.65. The third kappa shape index (κ3) is 5.39. The van der Waals surface area contributed by atoms with Crippen LogP contribution in [0.1, 0.15) is 60.0 Å². The number of aliphatic hydroxyl groups excluding tert-OH is 1. The summed E-state index contributed by atoms with van der Waals surface area (Å²) >= 11 is 0. The number of imidazole rings is 1. The standard InChI is InChI=1S/C30H31N5O4/c1-30(2,3)20-10-12-21(13-11-20)35(29(38)23-16-32-18-33-23)27(19-7-6-14-31-15-19)28(37)34-26-22-8-4-5-9-25(22)39-17-24(26)36/h4-16,18,24,26-27,36H,17H2,1-3H3,(H,32,33)(H,34,37)/t24-,26+,27?/m1/s1. The lowest BCUT2D eigenvalue weighted by atomic mass is 9.87. The van der Waals surface area contributed by atoms with Gasteiger partial charge in [0.2, 0.25) is 5.91 Å². The third-order valence-corrected chi connectivity index (χ3v) is 6.81. The first-order valence-electron chi connectivity index (χ1n) is 12.8. The van der Waals surface area contributed by atoms with Gasteiger partial charge in [-0.3, -0.25) is 19.5 Å². The lowest BCUT2D eigenvalue weighted by molar-refractivity contribution is -0.124. The molecule has 3 atom stereocenters. The van der Waals surface area contributed by atoms with Gasteiger partial charge in [0.25, 0.3) is 5.91 Å². The second-order valence-electron chi connectivity index (χ2n) is 10.5. The van der Waals surface area contributed by atoms with E-state index in [2.05, 4.69) is 41.0 Å². The number of pyridine rings is 1. The van der Waals surface area contributed by atoms with Gasteiger partial charge in [0.05, 0.1) is 18.6 Å². The van der Waals surface area contributed by atoms with E-state index in [0.717, 1.165) is 5.56 Å². The van der Waals surface area contributed by atoms with Gasteiger partial charge in [-0.15, -0.1) is 0 Å². The second-order valence-corrected chi connectivity index (χ2v) is 10.5. The van der Waals surface area contributed by atoms with Crippen molar-refractivity contribution in [2.24, 2.45) is 0 Å². The van der Waals surface area contributed by atoms with Gasteiger partial charge in [0, 0.05) is 29.2 Å². The maximum Gasteiger partial charge on any atom is 0.277 e. The molecule has 1 unspecified atom stereocenters. The number of aromatic nitrogens is 3. The lowest BCUT2D eigenvalue weighted by Gasteiger charge is -2.35. The summed E-state index contributed by atoms with van der Waals surface area (Å²) in [6.07, 6.45) is 5.05. The first-order valence-corrected chi connectivity index (χ1v) is 12.8. The quantitative estimate of drug-likeness (QED) is 0.349. The number of anilines is 1. The predicted molar refractivity (Wildman–Crippen MR) is 146 cm³/mol. The van der Waals surface area contributed by atoms with Gasteiger partial charge < -0.3 is 20.1 Å². The summed E-state index contributed by atoms with van der Waals surface area (Å²) in [6.45, 7) is 6.36. The van der Waals surface area contributed by atoms with Crippen molar-refractivity contribution in [2.75, 3.05) is 11.5 Å². The molecule has 1 aliphatic rings. The number of para-hydroxylation sites is 1. The fourth-order valence-electron chi connectivity index (χ4n) is 4.72. The summed E-state index contributed by atoms with van der Waals surface area (Å²) in [7, 11) is 0. The highest BCUT2D eigenvalue weighted by Crippen LogP contribution is 2.35. The van der Waals surface area contributed by atoms with Crippen molar-refractivity contribution >= 4 is 17.5 Å². The van der Waals surface area contributed by atoms with E-state index in [0.29, 0.717) is 22.6 Å². The molecule has 0 aliphatic carbocycles. The maximum absolute atomic E-state index is 14.2. The molecular weight excluding hydrogens is 494 g/mol. The fourth-order valence-corrected chi connectivity index (χ4v) is 4.72. The average molecular weight is 526 g/mol. The van der Waals surface area contributed by atoms with E-state index in [1.807, 2.05) is 36.4 Å². The van der Waals surface area contributed by atoms with Crippen molar-refractivity contribution in [2.45, 2.75) is 44.4 Å². The van der Waals surface area contributed by atoms with Crippen molar-refractivity contribution < 1.29 is 19.4 Å². The summed E-state index contributed by atoms with van der Waals surface area (Å²) in [5, 5.41) is 13.8. The number of nitrogens with zero attached hydrogens (tertiary/aromatic N) is 3. The molecule has 0 radical (unpaired) electrons. The van der Waals surface area contributed by atoms with Gasteiger partial charge in [-0.05, 0) is 35.2 Å². The Morgan fingerprint density at radius 3 is 2.49 bits per heavy atom. The highest BCUT2D eigenvalue weighted by Gasteiger charge is 2.38. The van der Waals surface area contributed by atoms with Gasteiger partial charge >= 0.3 is 0 Å². The molecule has 0 saturated heterocycles. The van der Waals surface area contributed by atoms with Crippen LogP contribution >= 0.6 is 0 Å². The van der Waals surface area contributed by atoms with Crippen LogP contribution in [0.15, 0.2) is 85.6 Å². The molecule has 4 aromatic rings. The number of hydrogen-bond donors (Lipinski definition) is 3. The minimum Gasteiger partial charge on any atom is -0.490 e. The van der Waals surface area contributed by atoms with Crippen LogP contribution in [0, 0.1) is 0 Å². The number of carbonyl (C=O) groups excluding carboxylic acids is 2. The summed E-state index contributed by atoms with van der Waals surface area (Å²) in [4.78, 5) is 40.6. The maximum atomic E-state index is 14.2. The SMILES string of the molecule is CC(C)(C)c1ccc(N(C(=O)c2cnc[nH]2)C(C(=O)N[C@H]2c3ccccc3OC[C@H]2O)c2cccnc2)cc1. The van der Waals surface area contributed by atoms with E-state index in [9.17, 15) is 14.7 Å². The zero-order valence-corrected chi connectivity index (χ0v) is 22.0. The van der Waals surface area contributed by atoms with E-state index in [4.69, 9.17) is 4.74 Å². The molecule has 0 fully saturated rings. The normalized spacial score (nSPS) is 17.4. The Morgan fingerprint density at radius 2 is 1.82 bits per heavy atom. The number of benzene rings is 2. The number of fused-ring (bicyclic) bond motifs is 1. The minimum absolute atomic E-state index is 0.0323. The van der Waals surface area contributed by atoms with E-state index < -0.39 is 30.0 Å². The number of aromatic amines is 1. The van der Waals surface area contributed by atoms with Crippen LogP contribution in [0.4, 0.5) is 5.69 Å². The van der Waals surface area contributed by atoms with Crippen molar-refractivity contribution in [3.05, 3.63) is 108 Å². The van der Waals surface area contributed by atoms with Crippen LogP contribution in [0.5, 0.6) is 5.75 Å². The first-order chi connectivity index (χ1) is 18.7. The van der Waals surface area contributed by atoms with Crippen LogP contribution in [0.25, 0.3) is 0 Å². The van der Waals surface area contributed by atoms with E-state index in [-0.39, 0.29) is 17.7 Å². The van der Waals surface area contributed by atoms with Crippen LogP contribution in [-0.4, -0.2) is 44.6 Å². The number of carbonyl (C=O) groups is 2. The van der Waals surface area contributed by atoms with Crippen LogP contribution in [0.3, 0.4) is 0 Å². The number of amides is 2. The molecule has 1 aliphatic heterocycles. The molecule has 0 saturated carbocycles. The van der Waals surface area contributed by atoms with Crippen LogP contribution in [-0.2, 0) is 10.2 Å². The zero-order valence-electron chi connectivity index (χ0n) is 22.0. The second kappa shape index (κ2) is 10.7. The number of ether oxygens (including phenoxy) is 1. The Balaban J connectivity index is 1.59. The average Bonchev–Trinajstić information content (AvgIpc) is 3.48. The molecule has 200 valence electrons. The van der Waals surface area contributed by atoms with Gasteiger partial charge in [-0.2, -0.15) is 0 Å². The molecule has 5 rings (SSSR count). The monoisotopic (exact) mass is 525 g/mol. The van der Waals surface area contributed by atoms with Crippen molar-refractivity contribution in [3.8, 4) is 5.75 Å². The van der Waals surface area contributed by atoms with Gasteiger partial charge in [0.1, 0.15) is 30.2 Å². The smallest absolute Gasteiger partial charge is 0.277 e. The number of hydrogen-bond acceptors (Lipinski definition) is 6. The molecule has 0 bridgehead atoms. The molecule has 9 nitrogen and oxygen atoms in total. The Bertz CT molecular complexity index is 1430. The number of H-pyrrole nitrogens is 1. The first kappa shape index (κ1) is 26.1. The molecule has 9 heteroatoms. The van der Waals surface area contributed by atoms with Crippen LogP contribution in [0.2, 0.25) is 0 Å². The van der Waals surface area contributed by atoms with E-state index in [1.165, 1.54) is 17.4 Å². The lowest BCUT2D eigenvalue weighted by Crippen LogP contribution is -2.48. The summed E-state index contributed by atoms with van der Waals surface area (Å²) in [5.74, 6) is -0.321. The topological polar surface area (TPSA) is 120 Å². The number of rotatable bonds is 6. The van der Waals surface area contributed by atoms with Gasteiger partial charge in [-0.1, -0.05) is 57.2 Å². The van der Waals surface area contributed by atoms with Crippen LogP contribution < -0.4 is 15.0 Å². The Morgan fingerprint density at radius 1 is 1.05 bits per heavy atom. The largest absolute Gasteiger partial charge is 0.490 e. The van der Waals surface area contributed by atoms with E-state index >= 15 is 0 Å². The molecule has 39 heavy (non-hydrogen) atoms. The Hall–Kier alpha value is -4.50. The highest BCUT2D eigenvalue weighted by atomic mass is 16.5. The van der Waals surface area contributed by atoms with Gasteiger partial charge in [0.15, 0.2) is 0 Å². The number of nitrogens with one attached hydrogen (secondary N) is 2. The molecule has 2 aromatic heterocycles. The van der Waals surface area contributed by atoms with Crippen molar-refractivity contribution in [1.82, 2.24) is 20.3 Å². The van der Waals surface area contributed by atoms with Crippen molar-refractivity contribution in [3.63, 3.8) is 0 Å². The zero-order chi connectivity index (χ0) is 27.6. The number of aliphatic hydroxyl groups is 1. The van der Waals surface area contributed by atoms with Gasteiger partial charge in [-0.25, -0.2) is 4.98 Å². The summed E-state index contributed by atoms with van der Waals surface area (Å²) in [5.41, 5.74) is 2.92. The Labute approximate surface area is 226 Å². The molecular formula is C30H31N5O4. The minimum atomic E-state index is -1.10. The van der Waals surface area contributed by atoms with E-state index in [1.54, 1.807) is 36.7 Å². The molecule has 3 heterocycles.